The van der Waals surface area contributed by atoms with Crippen molar-refractivity contribution in [2.75, 3.05) is 12.8 Å². The van der Waals surface area contributed by atoms with Crippen molar-refractivity contribution in [1.29, 1.82) is 0 Å². The monoisotopic (exact) mass is 280 g/mol. The molecule has 1 aromatic heterocycles. The molecule has 0 aliphatic rings. The zero-order valence-corrected chi connectivity index (χ0v) is 9.68. The van der Waals surface area contributed by atoms with Gasteiger partial charge in [-0.1, -0.05) is 6.07 Å². The lowest BCUT2D eigenvalue weighted by Gasteiger charge is -2.19. The molecule has 0 aliphatic carbocycles. The SMILES string of the molecule is COC(=O)C(O)C(O)c1ccc(N)nc1C(F)(F)F. The molecular weight excluding hydrogens is 269 g/mol. The van der Waals surface area contributed by atoms with E-state index in [4.69, 9.17) is 5.73 Å². The number of esters is 1. The van der Waals surface area contributed by atoms with Gasteiger partial charge in [0.25, 0.3) is 0 Å². The maximum Gasteiger partial charge on any atom is 0.433 e. The molecule has 6 nitrogen and oxygen atoms in total. The lowest BCUT2D eigenvalue weighted by molar-refractivity contribution is -0.159. The van der Waals surface area contributed by atoms with Gasteiger partial charge in [0, 0.05) is 5.56 Å². The summed E-state index contributed by atoms with van der Waals surface area (Å²) in [4.78, 5) is 14.1. The molecule has 0 aliphatic heterocycles. The van der Waals surface area contributed by atoms with Crippen molar-refractivity contribution < 1.29 is 32.9 Å². The van der Waals surface area contributed by atoms with Crippen LogP contribution >= 0.6 is 0 Å². The first-order valence-corrected chi connectivity index (χ1v) is 4.96. The fraction of sp³-hybridized carbons (Fsp3) is 0.400. The Morgan fingerprint density at radius 2 is 2.00 bits per heavy atom. The molecule has 0 fully saturated rings. The molecule has 0 bridgehead atoms. The van der Waals surface area contributed by atoms with E-state index in [0.717, 1.165) is 19.2 Å². The van der Waals surface area contributed by atoms with E-state index >= 15 is 0 Å². The number of carbonyl (C=O) groups is 1. The number of halogens is 3. The zero-order chi connectivity index (χ0) is 14.8. The van der Waals surface area contributed by atoms with Crippen molar-refractivity contribution in [3.63, 3.8) is 0 Å². The van der Waals surface area contributed by atoms with Crippen molar-refractivity contribution in [3.8, 4) is 0 Å². The van der Waals surface area contributed by atoms with Crippen molar-refractivity contribution in [2.24, 2.45) is 0 Å². The van der Waals surface area contributed by atoms with Gasteiger partial charge >= 0.3 is 12.1 Å². The van der Waals surface area contributed by atoms with E-state index in [2.05, 4.69) is 9.72 Å². The molecule has 2 atom stereocenters. The van der Waals surface area contributed by atoms with Gasteiger partial charge < -0.3 is 20.7 Å². The van der Waals surface area contributed by atoms with E-state index in [0.29, 0.717) is 0 Å². The Labute approximate surface area is 105 Å². The number of carbonyl (C=O) groups excluding carboxylic acids is 1. The number of methoxy groups -OCH3 is 1. The van der Waals surface area contributed by atoms with Gasteiger partial charge in [0.1, 0.15) is 11.9 Å². The topological polar surface area (TPSA) is 106 Å². The first-order valence-electron chi connectivity index (χ1n) is 4.96. The lowest BCUT2D eigenvalue weighted by Crippen LogP contribution is -2.31. The minimum absolute atomic E-state index is 0.407. The second-order valence-electron chi connectivity index (χ2n) is 3.58. The van der Waals surface area contributed by atoms with Crippen LogP contribution in [0.1, 0.15) is 17.4 Å². The van der Waals surface area contributed by atoms with Gasteiger partial charge in [-0.15, -0.1) is 0 Å². The minimum atomic E-state index is -4.89. The van der Waals surface area contributed by atoms with Crippen LogP contribution in [0.15, 0.2) is 12.1 Å². The molecule has 0 spiro atoms. The van der Waals surface area contributed by atoms with Crippen LogP contribution in [0, 0.1) is 0 Å². The highest BCUT2D eigenvalue weighted by Gasteiger charge is 2.40. The fourth-order valence-electron chi connectivity index (χ4n) is 1.37. The summed E-state index contributed by atoms with van der Waals surface area (Å²) < 4.78 is 42.3. The summed E-state index contributed by atoms with van der Waals surface area (Å²) in [5.41, 5.74) is 2.91. The third-order valence-corrected chi connectivity index (χ3v) is 2.28. The number of anilines is 1. The second kappa shape index (κ2) is 5.41. The van der Waals surface area contributed by atoms with Gasteiger partial charge in [-0.2, -0.15) is 13.2 Å². The maximum atomic E-state index is 12.7. The molecule has 106 valence electrons. The average Bonchev–Trinajstić information content (AvgIpc) is 2.35. The number of nitrogens with two attached hydrogens (primary N) is 1. The van der Waals surface area contributed by atoms with E-state index in [-0.39, 0.29) is 0 Å². The number of nitrogens with zero attached hydrogens (tertiary/aromatic N) is 1. The number of aliphatic hydroxyl groups excluding tert-OH is 2. The molecule has 1 aromatic rings. The summed E-state index contributed by atoms with van der Waals surface area (Å²) in [6, 6.07) is 1.85. The molecular formula is C10H11F3N2O4. The first-order chi connectivity index (χ1) is 8.68. The molecule has 19 heavy (non-hydrogen) atoms. The van der Waals surface area contributed by atoms with E-state index in [1.165, 1.54) is 0 Å². The smallest absolute Gasteiger partial charge is 0.433 e. The summed E-state index contributed by atoms with van der Waals surface area (Å²) in [5, 5.41) is 18.9. The number of hydrogen-bond donors (Lipinski definition) is 3. The van der Waals surface area contributed by atoms with Gasteiger partial charge in [0.2, 0.25) is 0 Å². The molecule has 0 saturated heterocycles. The second-order valence-corrected chi connectivity index (χ2v) is 3.58. The number of aliphatic hydroxyl groups is 2. The average molecular weight is 280 g/mol. The van der Waals surface area contributed by atoms with Crippen molar-refractivity contribution in [3.05, 3.63) is 23.4 Å². The van der Waals surface area contributed by atoms with Gasteiger partial charge in [0.05, 0.1) is 7.11 Å². The van der Waals surface area contributed by atoms with Crippen molar-refractivity contribution in [1.82, 2.24) is 4.98 Å². The number of aromatic nitrogens is 1. The largest absolute Gasteiger partial charge is 0.467 e. The summed E-state index contributed by atoms with van der Waals surface area (Å²) in [5.74, 6) is -1.67. The Bertz CT molecular complexity index is 478. The predicted octanol–water partition coefficient (Wildman–Crippen LogP) is 0.250. The summed E-state index contributed by atoms with van der Waals surface area (Å²) in [6.45, 7) is 0. The Hall–Kier alpha value is -1.87. The molecule has 9 heteroatoms. The molecule has 4 N–H and O–H groups in total. The Kier molecular flexibility index (Phi) is 4.32. The predicted molar refractivity (Wildman–Crippen MR) is 56.6 cm³/mol. The van der Waals surface area contributed by atoms with Gasteiger partial charge in [-0.3, -0.25) is 0 Å². The van der Waals surface area contributed by atoms with Gasteiger partial charge in [-0.05, 0) is 6.07 Å². The third-order valence-electron chi connectivity index (χ3n) is 2.28. The number of ether oxygens (including phenoxy) is 1. The highest BCUT2D eigenvalue weighted by atomic mass is 19.4. The van der Waals surface area contributed by atoms with Crippen LogP contribution in [0.4, 0.5) is 19.0 Å². The van der Waals surface area contributed by atoms with Crippen LogP contribution in [0.25, 0.3) is 0 Å². The number of rotatable bonds is 3. The molecule has 1 heterocycles. The van der Waals surface area contributed by atoms with E-state index in [9.17, 15) is 28.2 Å². The van der Waals surface area contributed by atoms with Crippen LogP contribution in [0.2, 0.25) is 0 Å². The Morgan fingerprint density at radius 3 is 2.47 bits per heavy atom. The van der Waals surface area contributed by atoms with Crippen LogP contribution in [-0.2, 0) is 15.7 Å². The molecule has 0 radical (unpaired) electrons. The van der Waals surface area contributed by atoms with Crippen LogP contribution in [0.3, 0.4) is 0 Å². The molecule has 0 saturated carbocycles. The van der Waals surface area contributed by atoms with Crippen molar-refractivity contribution >= 4 is 11.8 Å². The highest BCUT2D eigenvalue weighted by molar-refractivity contribution is 5.75. The lowest BCUT2D eigenvalue weighted by atomic mass is 10.0. The van der Waals surface area contributed by atoms with E-state index < -0.39 is 41.4 Å². The van der Waals surface area contributed by atoms with Gasteiger partial charge in [-0.25, -0.2) is 9.78 Å². The maximum absolute atomic E-state index is 12.7. The zero-order valence-electron chi connectivity index (χ0n) is 9.68. The highest BCUT2D eigenvalue weighted by Crippen LogP contribution is 2.34. The third kappa shape index (κ3) is 3.32. The molecule has 1 rings (SSSR count). The Balaban J connectivity index is 3.23. The van der Waals surface area contributed by atoms with E-state index in [1.807, 2.05) is 0 Å². The van der Waals surface area contributed by atoms with Crippen molar-refractivity contribution in [2.45, 2.75) is 18.4 Å². The summed E-state index contributed by atoms with van der Waals surface area (Å²) in [7, 11) is 0.921. The molecule has 0 amide bonds. The minimum Gasteiger partial charge on any atom is -0.467 e. The fourth-order valence-corrected chi connectivity index (χ4v) is 1.37. The van der Waals surface area contributed by atoms with Crippen LogP contribution < -0.4 is 5.73 Å². The number of pyridine rings is 1. The Morgan fingerprint density at radius 1 is 1.42 bits per heavy atom. The number of nitrogen functional groups attached to an aromatic ring is 1. The van der Waals surface area contributed by atoms with E-state index in [1.54, 1.807) is 0 Å². The first kappa shape index (κ1) is 15.2. The quantitative estimate of drug-likeness (QED) is 0.685. The van der Waals surface area contributed by atoms with Crippen LogP contribution in [0.5, 0.6) is 0 Å². The number of alkyl halides is 3. The number of hydrogen-bond acceptors (Lipinski definition) is 6. The standard InChI is InChI=1S/C10H11F3N2O4/c1-19-9(18)7(17)6(16)4-2-3-5(14)15-8(4)10(11,12)13/h2-3,6-7,16-17H,1H3,(H2,14,15). The van der Waals surface area contributed by atoms with Gasteiger partial charge in [0.15, 0.2) is 11.8 Å². The molecule has 0 aromatic carbocycles. The van der Waals surface area contributed by atoms with Crippen LogP contribution in [-0.4, -0.2) is 34.4 Å². The molecule has 2 unspecified atom stereocenters. The normalized spacial score (nSPS) is 14.8. The summed E-state index contributed by atoms with van der Waals surface area (Å²) in [6.07, 6.45) is -9.17. The summed E-state index contributed by atoms with van der Waals surface area (Å²) >= 11 is 0.